The van der Waals surface area contributed by atoms with E-state index in [2.05, 4.69) is 26.2 Å². The number of carbonyl (C=O) groups is 1. The van der Waals surface area contributed by atoms with Crippen LogP contribution in [0, 0.1) is 17.3 Å². The first-order valence-electron chi connectivity index (χ1n) is 6.00. The van der Waals surface area contributed by atoms with Crippen molar-refractivity contribution in [1.82, 2.24) is 10.4 Å². The van der Waals surface area contributed by atoms with Crippen LogP contribution in [0.15, 0.2) is 0 Å². The summed E-state index contributed by atoms with van der Waals surface area (Å²) in [5, 5.41) is 1.71. The molecule has 3 atom stereocenters. The molecule has 3 N–H and O–H groups in total. The van der Waals surface area contributed by atoms with Crippen LogP contribution in [0.5, 0.6) is 0 Å². The predicted molar refractivity (Wildman–Crippen MR) is 65.5 cm³/mol. The number of nitrogens with two attached hydrogens (primary N) is 1. The number of amides is 1. The van der Waals surface area contributed by atoms with Gasteiger partial charge in [0.2, 0.25) is 5.91 Å². The van der Waals surface area contributed by atoms with Crippen LogP contribution in [-0.4, -0.2) is 31.1 Å². The Hall–Kier alpha value is -0.610. The molecule has 1 aliphatic rings. The Morgan fingerprint density at radius 3 is 2.44 bits per heavy atom. The Labute approximate surface area is 98.5 Å². The first-order chi connectivity index (χ1) is 7.26. The van der Waals surface area contributed by atoms with E-state index in [1.807, 2.05) is 14.1 Å². The second-order valence-corrected chi connectivity index (χ2v) is 5.77. The summed E-state index contributed by atoms with van der Waals surface area (Å²) >= 11 is 0. The van der Waals surface area contributed by atoms with E-state index in [-0.39, 0.29) is 23.3 Å². The predicted octanol–water partition coefficient (Wildman–Crippen LogP) is 0.979. The van der Waals surface area contributed by atoms with Gasteiger partial charge in [0, 0.05) is 26.1 Å². The van der Waals surface area contributed by atoms with Crippen LogP contribution < -0.4 is 11.2 Å². The molecule has 0 aromatic carbocycles. The maximum atomic E-state index is 12.1. The molecule has 4 nitrogen and oxygen atoms in total. The lowest BCUT2D eigenvalue weighted by atomic mass is 9.61. The number of nitrogens with one attached hydrogen (secondary N) is 1. The number of nitrogens with zero attached hydrogens (tertiary/aromatic N) is 1. The van der Waals surface area contributed by atoms with Gasteiger partial charge in [-0.15, -0.1) is 0 Å². The fourth-order valence-corrected chi connectivity index (χ4v) is 2.62. The molecule has 16 heavy (non-hydrogen) atoms. The zero-order chi connectivity index (χ0) is 12.5. The number of carbonyl (C=O) groups excluding carboxylic acids is 1. The Bertz CT molecular complexity index is 263. The molecule has 0 spiro atoms. The van der Waals surface area contributed by atoms with Gasteiger partial charge in [0.1, 0.15) is 0 Å². The van der Waals surface area contributed by atoms with Crippen molar-refractivity contribution in [2.75, 3.05) is 14.1 Å². The lowest BCUT2D eigenvalue weighted by molar-refractivity contribution is -0.136. The molecule has 1 rings (SSSR count). The van der Waals surface area contributed by atoms with Gasteiger partial charge in [-0.05, 0) is 24.2 Å². The van der Waals surface area contributed by atoms with Crippen molar-refractivity contribution in [1.29, 1.82) is 0 Å². The van der Waals surface area contributed by atoms with E-state index in [4.69, 9.17) is 5.73 Å². The molecule has 94 valence electrons. The summed E-state index contributed by atoms with van der Waals surface area (Å²) in [4.78, 5) is 12.1. The number of hydrogen-bond donors (Lipinski definition) is 2. The van der Waals surface area contributed by atoms with Crippen LogP contribution >= 0.6 is 0 Å². The van der Waals surface area contributed by atoms with Gasteiger partial charge < -0.3 is 5.73 Å². The SMILES string of the molecule is CC1C(N)CCC(C(=O)NN(C)C)C1(C)C. The molecular weight excluding hydrogens is 202 g/mol. The zero-order valence-corrected chi connectivity index (χ0v) is 11.1. The molecule has 4 heteroatoms. The Morgan fingerprint density at radius 1 is 1.38 bits per heavy atom. The molecule has 0 radical (unpaired) electrons. The molecule has 0 bridgehead atoms. The average Bonchev–Trinajstić information content (AvgIpc) is 2.13. The quantitative estimate of drug-likeness (QED) is 0.691. The maximum Gasteiger partial charge on any atom is 0.237 e. The standard InChI is InChI=1S/C12H25N3O/c1-8-10(13)7-6-9(12(8,2)3)11(16)14-15(4)5/h8-10H,6-7,13H2,1-5H3,(H,14,16). The first kappa shape index (κ1) is 13.5. The van der Waals surface area contributed by atoms with Gasteiger partial charge in [-0.25, -0.2) is 5.01 Å². The summed E-state index contributed by atoms with van der Waals surface area (Å²) in [5.74, 6) is 0.553. The molecular formula is C12H25N3O. The third-order valence-corrected chi connectivity index (χ3v) is 4.15. The fraction of sp³-hybridized carbons (Fsp3) is 0.917. The Morgan fingerprint density at radius 2 is 1.94 bits per heavy atom. The first-order valence-corrected chi connectivity index (χ1v) is 6.00. The molecule has 0 aliphatic heterocycles. The molecule has 0 aromatic heterocycles. The molecule has 1 amide bonds. The summed E-state index contributed by atoms with van der Waals surface area (Å²) in [6.45, 7) is 6.45. The lowest BCUT2D eigenvalue weighted by Gasteiger charge is -2.46. The van der Waals surface area contributed by atoms with Crippen LogP contribution in [0.2, 0.25) is 0 Å². The van der Waals surface area contributed by atoms with Gasteiger partial charge in [-0.3, -0.25) is 10.2 Å². The third kappa shape index (κ3) is 2.55. The normalized spacial score (nSPS) is 33.8. The van der Waals surface area contributed by atoms with Crippen molar-refractivity contribution in [2.24, 2.45) is 23.0 Å². The zero-order valence-electron chi connectivity index (χ0n) is 11.1. The number of hydrogen-bond acceptors (Lipinski definition) is 3. The van der Waals surface area contributed by atoms with E-state index in [1.165, 1.54) is 0 Å². The van der Waals surface area contributed by atoms with E-state index in [1.54, 1.807) is 5.01 Å². The monoisotopic (exact) mass is 227 g/mol. The van der Waals surface area contributed by atoms with Crippen molar-refractivity contribution in [3.63, 3.8) is 0 Å². The number of hydrazine groups is 1. The molecule has 1 fully saturated rings. The topological polar surface area (TPSA) is 58.4 Å². The highest BCUT2D eigenvalue weighted by Crippen LogP contribution is 2.44. The van der Waals surface area contributed by atoms with Crippen molar-refractivity contribution >= 4 is 5.91 Å². The Balaban J connectivity index is 2.77. The van der Waals surface area contributed by atoms with Crippen LogP contribution in [0.1, 0.15) is 33.6 Å². The van der Waals surface area contributed by atoms with E-state index >= 15 is 0 Å². The molecule has 1 aliphatic carbocycles. The van der Waals surface area contributed by atoms with Gasteiger partial charge in [-0.1, -0.05) is 20.8 Å². The summed E-state index contributed by atoms with van der Waals surface area (Å²) in [6, 6.07) is 0.221. The van der Waals surface area contributed by atoms with Crippen molar-refractivity contribution < 1.29 is 4.79 Å². The van der Waals surface area contributed by atoms with E-state index in [0.717, 1.165) is 12.8 Å². The highest BCUT2D eigenvalue weighted by molar-refractivity contribution is 5.79. The van der Waals surface area contributed by atoms with Crippen molar-refractivity contribution in [3.05, 3.63) is 0 Å². The van der Waals surface area contributed by atoms with Gasteiger partial charge in [0.05, 0.1) is 0 Å². The number of rotatable bonds is 2. The minimum atomic E-state index is -0.0300. The Kier molecular flexibility index (Phi) is 3.97. The smallest absolute Gasteiger partial charge is 0.237 e. The highest BCUT2D eigenvalue weighted by Gasteiger charge is 2.45. The second kappa shape index (κ2) is 4.72. The van der Waals surface area contributed by atoms with Gasteiger partial charge >= 0.3 is 0 Å². The van der Waals surface area contributed by atoms with Crippen molar-refractivity contribution in [2.45, 2.75) is 39.7 Å². The van der Waals surface area contributed by atoms with Crippen LogP contribution in [0.3, 0.4) is 0 Å². The molecule has 0 saturated heterocycles. The lowest BCUT2D eigenvalue weighted by Crippen LogP contribution is -2.53. The largest absolute Gasteiger partial charge is 0.327 e. The van der Waals surface area contributed by atoms with Crippen LogP contribution in [0.4, 0.5) is 0 Å². The van der Waals surface area contributed by atoms with E-state index in [0.29, 0.717) is 5.92 Å². The summed E-state index contributed by atoms with van der Waals surface area (Å²) < 4.78 is 0. The van der Waals surface area contributed by atoms with Crippen LogP contribution in [0.25, 0.3) is 0 Å². The van der Waals surface area contributed by atoms with Gasteiger partial charge in [0.15, 0.2) is 0 Å². The minimum Gasteiger partial charge on any atom is -0.327 e. The summed E-state index contributed by atoms with van der Waals surface area (Å²) in [7, 11) is 3.67. The molecule has 3 unspecified atom stereocenters. The second-order valence-electron chi connectivity index (χ2n) is 5.77. The summed E-state index contributed by atoms with van der Waals surface area (Å²) in [5.41, 5.74) is 8.90. The minimum absolute atomic E-state index is 0.0300. The fourth-order valence-electron chi connectivity index (χ4n) is 2.62. The van der Waals surface area contributed by atoms with E-state index < -0.39 is 0 Å². The maximum absolute atomic E-state index is 12.1. The average molecular weight is 227 g/mol. The molecule has 0 aromatic rings. The molecule has 0 heterocycles. The van der Waals surface area contributed by atoms with Gasteiger partial charge in [-0.2, -0.15) is 0 Å². The summed E-state index contributed by atoms with van der Waals surface area (Å²) in [6.07, 6.45) is 1.83. The van der Waals surface area contributed by atoms with Crippen LogP contribution in [-0.2, 0) is 4.79 Å². The highest BCUT2D eigenvalue weighted by atomic mass is 16.2. The van der Waals surface area contributed by atoms with Gasteiger partial charge in [0.25, 0.3) is 0 Å². The van der Waals surface area contributed by atoms with Crippen molar-refractivity contribution in [3.8, 4) is 0 Å². The van der Waals surface area contributed by atoms with E-state index in [9.17, 15) is 4.79 Å². The third-order valence-electron chi connectivity index (χ3n) is 4.15. The molecule has 1 saturated carbocycles.